The molecule has 0 aliphatic carbocycles. The third-order valence-electron chi connectivity index (χ3n) is 3.10. The maximum Gasteiger partial charge on any atom is 0.237 e. The number of hydrogen-bond acceptors (Lipinski definition) is 2. The molecule has 3 nitrogen and oxygen atoms in total. The molecule has 1 N–H and O–H groups in total. The van der Waals surface area contributed by atoms with Crippen molar-refractivity contribution in [3.63, 3.8) is 0 Å². The lowest BCUT2D eigenvalue weighted by Gasteiger charge is -2.30. The van der Waals surface area contributed by atoms with Crippen molar-refractivity contribution in [3.8, 4) is 0 Å². The van der Waals surface area contributed by atoms with Crippen LogP contribution in [0.25, 0.3) is 0 Å². The van der Waals surface area contributed by atoms with E-state index < -0.39 is 0 Å². The largest absolute Gasteiger partial charge is 0.326 e. The van der Waals surface area contributed by atoms with Gasteiger partial charge in [0.05, 0.1) is 13.2 Å². The summed E-state index contributed by atoms with van der Waals surface area (Å²) in [5.41, 5.74) is 0. The van der Waals surface area contributed by atoms with Gasteiger partial charge in [-0.15, -0.1) is 0 Å². The Balaban J connectivity index is 2.54. The molecule has 1 aliphatic heterocycles. The van der Waals surface area contributed by atoms with Crippen LogP contribution in [0.5, 0.6) is 0 Å². The molecule has 3 heteroatoms. The molecule has 0 spiro atoms. The molecule has 1 unspecified atom stereocenters. The second-order valence-electron chi connectivity index (χ2n) is 3.77. The van der Waals surface area contributed by atoms with E-state index in [2.05, 4.69) is 26.1 Å². The van der Waals surface area contributed by atoms with Gasteiger partial charge in [-0.1, -0.05) is 26.7 Å². The number of carbonyl (C=O) groups is 1. The lowest BCUT2D eigenvalue weighted by Crippen LogP contribution is -2.40. The van der Waals surface area contributed by atoms with Crippen LogP contribution in [0.1, 0.15) is 33.6 Å². The highest BCUT2D eigenvalue weighted by Gasteiger charge is 2.28. The highest BCUT2D eigenvalue weighted by molar-refractivity contribution is 5.80. The molecule has 76 valence electrons. The molecule has 0 radical (unpaired) electrons. The van der Waals surface area contributed by atoms with E-state index in [0.717, 1.165) is 19.5 Å². The summed E-state index contributed by atoms with van der Waals surface area (Å²) in [6, 6.07) is 0.387. The zero-order valence-corrected chi connectivity index (χ0v) is 8.84. The molecule has 0 aromatic carbocycles. The molecule has 1 aliphatic rings. The Hall–Kier alpha value is -0.570. The molecule has 1 fully saturated rings. The zero-order chi connectivity index (χ0) is 9.84. The van der Waals surface area contributed by atoms with E-state index >= 15 is 0 Å². The van der Waals surface area contributed by atoms with Gasteiger partial charge in [0.1, 0.15) is 0 Å². The molecule has 1 saturated heterocycles. The van der Waals surface area contributed by atoms with Crippen LogP contribution in [0.2, 0.25) is 0 Å². The predicted octanol–water partition coefficient (Wildman–Crippen LogP) is 1.20. The standard InChI is InChI=1S/C10H20N2O/c1-4-9(5-2)8(3)12-7-11-6-10(12)13/h8-9,11H,4-7H2,1-3H3. The normalized spacial score (nSPS) is 20.0. The molecular formula is C10H20N2O. The fraction of sp³-hybridized carbons (Fsp3) is 0.900. The molecule has 0 aromatic rings. The Morgan fingerprint density at radius 1 is 1.46 bits per heavy atom. The summed E-state index contributed by atoms with van der Waals surface area (Å²) in [6.45, 7) is 7.79. The average Bonchev–Trinajstić information content (AvgIpc) is 2.53. The Morgan fingerprint density at radius 2 is 2.08 bits per heavy atom. The van der Waals surface area contributed by atoms with Gasteiger partial charge in [0.25, 0.3) is 0 Å². The Morgan fingerprint density at radius 3 is 2.46 bits per heavy atom. The lowest BCUT2D eigenvalue weighted by molar-refractivity contribution is -0.129. The van der Waals surface area contributed by atoms with Crippen LogP contribution in [0.3, 0.4) is 0 Å². The first-order valence-corrected chi connectivity index (χ1v) is 5.20. The highest BCUT2D eigenvalue weighted by atomic mass is 16.2. The van der Waals surface area contributed by atoms with Crippen LogP contribution in [-0.4, -0.2) is 30.1 Å². The van der Waals surface area contributed by atoms with E-state index in [4.69, 9.17) is 0 Å². The average molecular weight is 184 g/mol. The van der Waals surface area contributed by atoms with E-state index in [9.17, 15) is 4.79 Å². The first-order chi connectivity index (χ1) is 6.20. The Kier molecular flexibility index (Phi) is 3.72. The third-order valence-corrected chi connectivity index (χ3v) is 3.10. The van der Waals surface area contributed by atoms with Crippen molar-refractivity contribution in [3.05, 3.63) is 0 Å². The summed E-state index contributed by atoms with van der Waals surface area (Å²) < 4.78 is 0. The lowest BCUT2D eigenvalue weighted by atomic mass is 9.94. The quantitative estimate of drug-likeness (QED) is 0.712. The molecule has 1 rings (SSSR count). The van der Waals surface area contributed by atoms with Crippen LogP contribution >= 0.6 is 0 Å². The number of amides is 1. The number of nitrogens with one attached hydrogen (secondary N) is 1. The molecule has 0 aromatic heterocycles. The van der Waals surface area contributed by atoms with Crippen LogP contribution in [0.4, 0.5) is 0 Å². The van der Waals surface area contributed by atoms with E-state index in [1.54, 1.807) is 0 Å². The van der Waals surface area contributed by atoms with Crippen LogP contribution in [-0.2, 0) is 4.79 Å². The Labute approximate surface area is 80.5 Å². The fourth-order valence-corrected chi connectivity index (χ4v) is 2.07. The topological polar surface area (TPSA) is 32.3 Å². The van der Waals surface area contributed by atoms with Crippen LogP contribution in [0, 0.1) is 5.92 Å². The minimum atomic E-state index is 0.249. The summed E-state index contributed by atoms with van der Waals surface area (Å²) in [5, 5.41) is 3.08. The first-order valence-electron chi connectivity index (χ1n) is 5.20. The van der Waals surface area contributed by atoms with Gasteiger partial charge >= 0.3 is 0 Å². The predicted molar refractivity (Wildman–Crippen MR) is 53.2 cm³/mol. The molecule has 13 heavy (non-hydrogen) atoms. The van der Waals surface area contributed by atoms with Crippen molar-refractivity contribution in [2.45, 2.75) is 39.7 Å². The minimum absolute atomic E-state index is 0.249. The van der Waals surface area contributed by atoms with Crippen molar-refractivity contribution in [2.75, 3.05) is 13.2 Å². The van der Waals surface area contributed by atoms with E-state index in [1.165, 1.54) is 0 Å². The minimum Gasteiger partial charge on any atom is -0.326 e. The maximum absolute atomic E-state index is 11.4. The molecule has 1 atom stereocenters. The number of nitrogens with zero attached hydrogens (tertiary/aromatic N) is 1. The SMILES string of the molecule is CCC(CC)C(C)N1CNCC1=O. The fourth-order valence-electron chi connectivity index (χ4n) is 2.07. The van der Waals surface area contributed by atoms with E-state index in [1.807, 2.05) is 4.90 Å². The summed E-state index contributed by atoms with van der Waals surface area (Å²) in [4.78, 5) is 13.4. The van der Waals surface area contributed by atoms with E-state index in [-0.39, 0.29) is 5.91 Å². The third kappa shape index (κ3) is 2.21. The monoisotopic (exact) mass is 184 g/mol. The number of carbonyl (C=O) groups excluding carboxylic acids is 1. The van der Waals surface area contributed by atoms with E-state index in [0.29, 0.717) is 18.5 Å². The molecule has 1 amide bonds. The summed E-state index contributed by atoms with van der Waals surface area (Å²) in [5.74, 6) is 0.892. The van der Waals surface area contributed by atoms with Crippen molar-refractivity contribution in [1.82, 2.24) is 10.2 Å². The second kappa shape index (κ2) is 4.61. The Bertz CT molecular complexity index is 178. The first kappa shape index (κ1) is 10.5. The van der Waals surface area contributed by atoms with Gasteiger partial charge in [0.15, 0.2) is 0 Å². The molecular weight excluding hydrogens is 164 g/mol. The van der Waals surface area contributed by atoms with Gasteiger partial charge in [0.2, 0.25) is 5.91 Å². The van der Waals surface area contributed by atoms with Crippen LogP contribution in [0.15, 0.2) is 0 Å². The molecule has 0 saturated carbocycles. The maximum atomic E-state index is 11.4. The van der Waals surface area contributed by atoms with Gasteiger partial charge in [-0.3, -0.25) is 10.1 Å². The number of hydrogen-bond donors (Lipinski definition) is 1. The van der Waals surface area contributed by atoms with Crippen molar-refractivity contribution < 1.29 is 4.79 Å². The zero-order valence-electron chi connectivity index (χ0n) is 8.84. The molecule has 1 heterocycles. The van der Waals surface area contributed by atoms with Crippen LogP contribution < -0.4 is 5.32 Å². The van der Waals surface area contributed by atoms with Crippen molar-refractivity contribution in [2.24, 2.45) is 5.92 Å². The van der Waals surface area contributed by atoms with Crippen molar-refractivity contribution >= 4 is 5.91 Å². The van der Waals surface area contributed by atoms with Gasteiger partial charge < -0.3 is 4.90 Å². The summed E-state index contributed by atoms with van der Waals surface area (Å²) in [6.07, 6.45) is 2.31. The van der Waals surface area contributed by atoms with Gasteiger partial charge in [-0.2, -0.15) is 0 Å². The summed E-state index contributed by atoms with van der Waals surface area (Å²) >= 11 is 0. The second-order valence-corrected chi connectivity index (χ2v) is 3.77. The number of rotatable bonds is 4. The van der Waals surface area contributed by atoms with Gasteiger partial charge in [0, 0.05) is 6.04 Å². The smallest absolute Gasteiger partial charge is 0.237 e. The van der Waals surface area contributed by atoms with Crippen molar-refractivity contribution in [1.29, 1.82) is 0 Å². The van der Waals surface area contributed by atoms with Gasteiger partial charge in [-0.05, 0) is 12.8 Å². The molecule has 0 bridgehead atoms. The highest BCUT2D eigenvalue weighted by Crippen LogP contribution is 2.19. The summed E-state index contributed by atoms with van der Waals surface area (Å²) in [7, 11) is 0. The van der Waals surface area contributed by atoms with Gasteiger partial charge in [-0.25, -0.2) is 0 Å².